The zero-order valence-electron chi connectivity index (χ0n) is 13.6. The average Bonchev–Trinajstić information content (AvgIpc) is 2.80. The first-order chi connectivity index (χ1) is 11.5. The van der Waals surface area contributed by atoms with E-state index in [1.165, 1.54) is 4.90 Å². The maximum Gasteiger partial charge on any atom is 0.407 e. The van der Waals surface area contributed by atoms with E-state index in [0.29, 0.717) is 35.3 Å². The van der Waals surface area contributed by atoms with Gasteiger partial charge in [0.15, 0.2) is 0 Å². The van der Waals surface area contributed by atoms with Gasteiger partial charge < -0.3 is 15.0 Å². The average molecular weight is 347 g/mol. The van der Waals surface area contributed by atoms with Crippen molar-refractivity contribution in [3.8, 4) is 0 Å². The van der Waals surface area contributed by atoms with Crippen LogP contribution in [0.15, 0.2) is 23.0 Å². The fourth-order valence-corrected chi connectivity index (χ4v) is 4.18. The van der Waals surface area contributed by atoms with E-state index in [1.54, 1.807) is 17.8 Å². The van der Waals surface area contributed by atoms with E-state index in [1.807, 2.05) is 19.1 Å². The standard InChI is InChI=1S/C17H21N3O3S/c1-11-4-2-6-13-15(11)18-14(19-16(13)21)10-24-12-5-3-8-20(9-7-12)17(22)23/h2,4,6,12H,3,5,7-10H2,1H3,(H,22,23)(H,18,19,21). The maximum absolute atomic E-state index is 12.2. The molecule has 1 aromatic carbocycles. The van der Waals surface area contributed by atoms with Gasteiger partial charge in [-0.15, -0.1) is 0 Å². The second kappa shape index (κ2) is 7.25. The molecule has 1 unspecified atom stereocenters. The van der Waals surface area contributed by atoms with Crippen LogP contribution in [-0.4, -0.2) is 44.4 Å². The summed E-state index contributed by atoms with van der Waals surface area (Å²) in [5.74, 6) is 1.32. The molecule has 1 fully saturated rings. The van der Waals surface area contributed by atoms with E-state index < -0.39 is 6.09 Å². The summed E-state index contributed by atoms with van der Waals surface area (Å²) in [6.07, 6.45) is 1.88. The number of H-pyrrole nitrogens is 1. The summed E-state index contributed by atoms with van der Waals surface area (Å²) in [6.45, 7) is 3.14. The highest BCUT2D eigenvalue weighted by Crippen LogP contribution is 2.26. The number of benzene rings is 1. The fourth-order valence-electron chi connectivity index (χ4n) is 3.04. The van der Waals surface area contributed by atoms with Crippen LogP contribution in [0.3, 0.4) is 0 Å². The van der Waals surface area contributed by atoms with Crippen LogP contribution in [0.4, 0.5) is 4.79 Å². The lowest BCUT2D eigenvalue weighted by Crippen LogP contribution is -2.30. The first kappa shape index (κ1) is 16.8. The van der Waals surface area contributed by atoms with Crippen molar-refractivity contribution in [3.05, 3.63) is 39.9 Å². The number of aromatic nitrogens is 2. The molecule has 3 rings (SSSR count). The summed E-state index contributed by atoms with van der Waals surface area (Å²) in [6, 6.07) is 5.61. The molecule has 1 amide bonds. The maximum atomic E-state index is 12.2. The molecule has 2 heterocycles. The van der Waals surface area contributed by atoms with Crippen molar-refractivity contribution in [2.75, 3.05) is 13.1 Å². The topological polar surface area (TPSA) is 86.3 Å². The molecule has 1 saturated heterocycles. The van der Waals surface area contributed by atoms with Gasteiger partial charge in [-0.3, -0.25) is 4.79 Å². The van der Waals surface area contributed by atoms with Gasteiger partial charge in [-0.25, -0.2) is 9.78 Å². The van der Waals surface area contributed by atoms with Crippen molar-refractivity contribution in [2.45, 2.75) is 37.2 Å². The molecular weight excluding hydrogens is 326 g/mol. The third-order valence-electron chi connectivity index (χ3n) is 4.39. The minimum Gasteiger partial charge on any atom is -0.465 e. The molecule has 2 aromatic rings. The van der Waals surface area contributed by atoms with E-state index >= 15 is 0 Å². The molecule has 6 nitrogen and oxygen atoms in total. The van der Waals surface area contributed by atoms with Crippen molar-refractivity contribution in [3.63, 3.8) is 0 Å². The number of fused-ring (bicyclic) bond motifs is 1. The number of hydrogen-bond donors (Lipinski definition) is 2. The van der Waals surface area contributed by atoms with E-state index in [4.69, 9.17) is 5.11 Å². The summed E-state index contributed by atoms with van der Waals surface area (Å²) < 4.78 is 0. The van der Waals surface area contributed by atoms with Crippen LogP contribution in [0, 0.1) is 6.92 Å². The number of hydrogen-bond acceptors (Lipinski definition) is 4. The quantitative estimate of drug-likeness (QED) is 0.891. The Kier molecular flexibility index (Phi) is 5.08. The van der Waals surface area contributed by atoms with Crippen molar-refractivity contribution in [1.29, 1.82) is 0 Å². The van der Waals surface area contributed by atoms with E-state index in [-0.39, 0.29) is 5.56 Å². The van der Waals surface area contributed by atoms with E-state index in [2.05, 4.69) is 9.97 Å². The molecule has 1 aliphatic rings. The van der Waals surface area contributed by atoms with Crippen molar-refractivity contribution < 1.29 is 9.90 Å². The Morgan fingerprint density at radius 2 is 2.25 bits per heavy atom. The van der Waals surface area contributed by atoms with Gasteiger partial charge in [0.1, 0.15) is 5.82 Å². The monoisotopic (exact) mass is 347 g/mol. The summed E-state index contributed by atoms with van der Waals surface area (Å²) in [5, 5.41) is 10.1. The molecule has 7 heteroatoms. The number of para-hydroxylation sites is 1. The highest BCUT2D eigenvalue weighted by atomic mass is 32.2. The number of carbonyl (C=O) groups is 1. The van der Waals surface area contributed by atoms with E-state index in [9.17, 15) is 9.59 Å². The normalized spacial score (nSPS) is 18.5. The summed E-state index contributed by atoms with van der Waals surface area (Å²) >= 11 is 1.75. The lowest BCUT2D eigenvalue weighted by molar-refractivity contribution is 0.147. The number of nitrogens with one attached hydrogen (secondary N) is 1. The number of nitrogens with zero attached hydrogens (tertiary/aromatic N) is 2. The minimum absolute atomic E-state index is 0.0998. The van der Waals surface area contributed by atoms with Crippen molar-refractivity contribution in [1.82, 2.24) is 14.9 Å². The van der Waals surface area contributed by atoms with Gasteiger partial charge in [0.25, 0.3) is 5.56 Å². The van der Waals surface area contributed by atoms with Gasteiger partial charge in [-0.05, 0) is 37.8 Å². The number of likely N-dealkylation sites (tertiary alicyclic amines) is 1. The SMILES string of the molecule is Cc1cccc2c(=O)[nH]c(CSC3CCCN(C(=O)O)CC3)nc12. The molecule has 0 spiro atoms. The van der Waals surface area contributed by atoms with Crippen LogP contribution in [0.5, 0.6) is 0 Å². The number of rotatable bonds is 3. The van der Waals surface area contributed by atoms with Crippen LogP contribution >= 0.6 is 11.8 Å². The van der Waals surface area contributed by atoms with Gasteiger partial charge in [0.05, 0.1) is 16.7 Å². The van der Waals surface area contributed by atoms with Gasteiger partial charge in [0.2, 0.25) is 0 Å². The Morgan fingerprint density at radius 3 is 3.04 bits per heavy atom. The Balaban J connectivity index is 1.69. The Morgan fingerprint density at radius 1 is 1.42 bits per heavy atom. The fraction of sp³-hybridized carbons (Fsp3) is 0.471. The number of thioether (sulfide) groups is 1. The van der Waals surface area contributed by atoms with Gasteiger partial charge >= 0.3 is 6.09 Å². The lowest BCUT2D eigenvalue weighted by Gasteiger charge is -2.16. The van der Waals surface area contributed by atoms with Crippen molar-refractivity contribution in [2.24, 2.45) is 0 Å². The summed E-state index contributed by atoms with van der Waals surface area (Å²) in [7, 11) is 0. The Hall–Kier alpha value is -2.02. The highest BCUT2D eigenvalue weighted by molar-refractivity contribution is 7.99. The Bertz CT molecular complexity index is 805. The zero-order valence-corrected chi connectivity index (χ0v) is 14.4. The van der Waals surface area contributed by atoms with Crippen LogP contribution in [0.2, 0.25) is 0 Å². The van der Waals surface area contributed by atoms with Crippen LogP contribution in [-0.2, 0) is 5.75 Å². The third kappa shape index (κ3) is 3.72. The van der Waals surface area contributed by atoms with Gasteiger partial charge in [-0.2, -0.15) is 11.8 Å². The molecule has 24 heavy (non-hydrogen) atoms. The van der Waals surface area contributed by atoms with Crippen LogP contribution in [0.1, 0.15) is 30.7 Å². The minimum atomic E-state index is -0.836. The first-order valence-corrected chi connectivity index (χ1v) is 9.17. The second-order valence-corrected chi connectivity index (χ2v) is 7.41. The molecule has 0 radical (unpaired) electrons. The molecule has 0 saturated carbocycles. The Labute approximate surface area is 144 Å². The summed E-state index contributed by atoms with van der Waals surface area (Å²) in [4.78, 5) is 32.2. The molecule has 2 N–H and O–H groups in total. The molecule has 1 aliphatic heterocycles. The predicted molar refractivity (Wildman–Crippen MR) is 95.6 cm³/mol. The van der Waals surface area contributed by atoms with Crippen LogP contribution < -0.4 is 5.56 Å². The molecule has 0 aliphatic carbocycles. The number of carboxylic acid groups (broad SMARTS) is 1. The van der Waals surface area contributed by atoms with E-state index in [0.717, 1.165) is 30.3 Å². The number of amides is 1. The smallest absolute Gasteiger partial charge is 0.407 e. The summed E-state index contributed by atoms with van der Waals surface area (Å²) in [5.41, 5.74) is 1.66. The molecule has 0 bridgehead atoms. The van der Waals surface area contributed by atoms with Crippen molar-refractivity contribution >= 4 is 28.8 Å². The zero-order chi connectivity index (χ0) is 17.1. The highest BCUT2D eigenvalue weighted by Gasteiger charge is 2.20. The van der Waals surface area contributed by atoms with Gasteiger partial charge in [-0.1, -0.05) is 12.1 Å². The number of aromatic amines is 1. The molecular formula is C17H21N3O3S. The largest absolute Gasteiger partial charge is 0.465 e. The molecule has 128 valence electrons. The first-order valence-electron chi connectivity index (χ1n) is 8.12. The lowest BCUT2D eigenvalue weighted by atomic mass is 10.1. The van der Waals surface area contributed by atoms with Gasteiger partial charge in [0, 0.05) is 18.3 Å². The molecule has 1 aromatic heterocycles. The number of aryl methyl sites for hydroxylation is 1. The molecule has 1 atom stereocenters. The second-order valence-electron chi connectivity index (χ2n) is 6.12. The predicted octanol–water partition coefficient (Wildman–Crippen LogP) is 3.00. The van der Waals surface area contributed by atoms with Crippen LogP contribution in [0.25, 0.3) is 10.9 Å². The third-order valence-corrected chi connectivity index (χ3v) is 5.77.